The smallest absolute Gasteiger partial charge is 0.333 e. The van der Waals surface area contributed by atoms with Gasteiger partial charge in [0.25, 0.3) is 0 Å². The van der Waals surface area contributed by atoms with Crippen LogP contribution in [0.1, 0.15) is 32.6 Å². The van der Waals surface area contributed by atoms with Gasteiger partial charge in [0.1, 0.15) is 10.6 Å². The molecule has 7 heteroatoms. The van der Waals surface area contributed by atoms with Crippen LogP contribution in [-0.4, -0.2) is 31.9 Å². The van der Waals surface area contributed by atoms with Gasteiger partial charge in [-0.3, -0.25) is 0 Å². The lowest BCUT2D eigenvalue weighted by Gasteiger charge is -2.07. The minimum atomic E-state index is -3.53. The number of benzene rings is 1. The number of hydrogen-bond acceptors (Lipinski definition) is 5. The summed E-state index contributed by atoms with van der Waals surface area (Å²) in [5.41, 5.74) is 0.360. The lowest BCUT2D eigenvalue weighted by atomic mass is 10.2. The first-order valence-corrected chi connectivity index (χ1v) is 9.31. The maximum absolute atomic E-state index is 12.1. The molecule has 1 aromatic carbocycles. The Kier molecular flexibility index (Phi) is 7.58. The number of phenolic OH excluding ortho intramolecular Hbond substituents is 1. The number of esters is 1. The summed E-state index contributed by atoms with van der Waals surface area (Å²) >= 11 is 5.69. The van der Waals surface area contributed by atoms with E-state index in [-0.39, 0.29) is 21.4 Å². The van der Waals surface area contributed by atoms with Crippen LogP contribution in [0.15, 0.2) is 35.2 Å². The molecule has 0 saturated heterocycles. The minimum absolute atomic E-state index is 0.0479. The highest BCUT2D eigenvalue weighted by molar-refractivity contribution is 7.91. The van der Waals surface area contributed by atoms with Crippen molar-refractivity contribution in [2.45, 2.75) is 37.5 Å². The van der Waals surface area contributed by atoms with Gasteiger partial charge in [0.05, 0.1) is 12.4 Å². The molecule has 23 heavy (non-hydrogen) atoms. The molecule has 0 aliphatic heterocycles. The number of ether oxygens (including phenoxy) is 1. The van der Waals surface area contributed by atoms with Gasteiger partial charge in [-0.05, 0) is 38.0 Å². The third-order valence-corrected chi connectivity index (χ3v) is 5.22. The standard InChI is InChI=1S/C16H21ClO5S/c1-12(2)16(19)22-9-5-3-4-6-10-23(20,21)15-8-7-13(17)11-14(15)18/h7-8,11,18H,1,3-6,9-10H2,2H3. The monoisotopic (exact) mass is 360 g/mol. The second kappa shape index (κ2) is 8.93. The molecular weight excluding hydrogens is 340 g/mol. The summed E-state index contributed by atoms with van der Waals surface area (Å²) in [4.78, 5) is 11.0. The molecule has 0 aliphatic carbocycles. The van der Waals surface area contributed by atoms with Crippen LogP contribution < -0.4 is 0 Å². The molecule has 0 radical (unpaired) electrons. The van der Waals surface area contributed by atoms with Gasteiger partial charge < -0.3 is 9.84 Å². The van der Waals surface area contributed by atoms with E-state index < -0.39 is 15.8 Å². The van der Waals surface area contributed by atoms with Crippen molar-refractivity contribution in [3.63, 3.8) is 0 Å². The molecule has 0 bridgehead atoms. The van der Waals surface area contributed by atoms with Crippen molar-refractivity contribution in [3.8, 4) is 5.75 Å². The Labute approximate surface area is 141 Å². The third-order valence-electron chi connectivity index (χ3n) is 3.15. The minimum Gasteiger partial charge on any atom is -0.507 e. The van der Waals surface area contributed by atoms with E-state index in [0.717, 1.165) is 6.42 Å². The van der Waals surface area contributed by atoms with Crippen molar-refractivity contribution in [1.82, 2.24) is 0 Å². The Bertz CT molecular complexity index is 667. The summed E-state index contributed by atoms with van der Waals surface area (Å²) in [5, 5.41) is 9.96. The van der Waals surface area contributed by atoms with Crippen LogP contribution in [0, 0.1) is 0 Å². The molecule has 0 unspecified atom stereocenters. The summed E-state index contributed by atoms with van der Waals surface area (Å²) in [5.74, 6) is -0.789. The lowest BCUT2D eigenvalue weighted by molar-refractivity contribution is -0.139. The van der Waals surface area contributed by atoms with Crippen molar-refractivity contribution in [2.75, 3.05) is 12.4 Å². The predicted molar refractivity (Wildman–Crippen MR) is 89.4 cm³/mol. The van der Waals surface area contributed by atoms with Crippen LogP contribution in [0.2, 0.25) is 5.02 Å². The maximum Gasteiger partial charge on any atom is 0.333 e. The van der Waals surface area contributed by atoms with Crippen molar-refractivity contribution in [1.29, 1.82) is 0 Å². The number of rotatable bonds is 9. The highest BCUT2D eigenvalue weighted by Gasteiger charge is 2.18. The van der Waals surface area contributed by atoms with E-state index in [9.17, 15) is 18.3 Å². The van der Waals surface area contributed by atoms with Crippen LogP contribution in [0.25, 0.3) is 0 Å². The number of halogens is 1. The van der Waals surface area contributed by atoms with Gasteiger partial charge in [-0.2, -0.15) is 0 Å². The average Bonchev–Trinajstić information content (AvgIpc) is 2.45. The van der Waals surface area contributed by atoms with Crippen molar-refractivity contribution in [3.05, 3.63) is 35.4 Å². The largest absolute Gasteiger partial charge is 0.507 e. The van der Waals surface area contributed by atoms with E-state index in [4.69, 9.17) is 16.3 Å². The molecular formula is C16H21ClO5S. The van der Waals surface area contributed by atoms with Crippen LogP contribution in [-0.2, 0) is 19.4 Å². The Balaban J connectivity index is 2.32. The molecule has 5 nitrogen and oxygen atoms in total. The van der Waals surface area contributed by atoms with Gasteiger partial charge in [-0.1, -0.05) is 31.0 Å². The topological polar surface area (TPSA) is 80.7 Å². The molecule has 0 amide bonds. The first kappa shape index (κ1) is 19.5. The summed E-state index contributed by atoms with van der Waals surface area (Å²) in [6, 6.07) is 3.96. The second-order valence-corrected chi connectivity index (χ2v) is 7.78. The zero-order valence-electron chi connectivity index (χ0n) is 13.0. The molecule has 1 aromatic rings. The van der Waals surface area contributed by atoms with E-state index in [2.05, 4.69) is 6.58 Å². The lowest BCUT2D eigenvalue weighted by Crippen LogP contribution is -2.08. The molecule has 0 fully saturated rings. The number of aromatic hydroxyl groups is 1. The number of carbonyl (C=O) groups is 1. The SMILES string of the molecule is C=C(C)C(=O)OCCCCCCS(=O)(=O)c1ccc(Cl)cc1O. The molecule has 0 atom stereocenters. The molecule has 0 saturated carbocycles. The van der Waals surface area contributed by atoms with Gasteiger partial charge >= 0.3 is 5.97 Å². The predicted octanol–water partition coefficient (Wildman–Crippen LogP) is 3.50. The summed E-state index contributed by atoms with van der Waals surface area (Å²) in [7, 11) is -3.53. The van der Waals surface area contributed by atoms with Gasteiger partial charge in [0.15, 0.2) is 9.84 Å². The first-order chi connectivity index (χ1) is 10.7. The number of carbonyl (C=O) groups excluding carboxylic acids is 1. The zero-order valence-corrected chi connectivity index (χ0v) is 14.6. The Morgan fingerprint density at radius 2 is 1.91 bits per heavy atom. The molecule has 128 valence electrons. The highest BCUT2D eigenvalue weighted by Crippen LogP contribution is 2.27. The fraction of sp³-hybridized carbons (Fsp3) is 0.438. The van der Waals surface area contributed by atoms with Gasteiger partial charge in [0, 0.05) is 10.6 Å². The van der Waals surface area contributed by atoms with Crippen LogP contribution in [0.3, 0.4) is 0 Å². The Morgan fingerprint density at radius 1 is 1.26 bits per heavy atom. The molecule has 1 rings (SSSR count). The second-order valence-electron chi connectivity index (χ2n) is 5.26. The molecule has 0 aliphatic rings. The zero-order chi connectivity index (χ0) is 17.5. The Morgan fingerprint density at radius 3 is 2.52 bits per heavy atom. The van der Waals surface area contributed by atoms with Gasteiger partial charge in [0.2, 0.25) is 0 Å². The van der Waals surface area contributed by atoms with Gasteiger partial charge in [-0.25, -0.2) is 13.2 Å². The first-order valence-electron chi connectivity index (χ1n) is 7.28. The van der Waals surface area contributed by atoms with Crippen molar-refractivity contribution >= 4 is 27.4 Å². The van der Waals surface area contributed by atoms with E-state index in [1.54, 1.807) is 6.92 Å². The summed E-state index contributed by atoms with van der Waals surface area (Å²) in [6.45, 7) is 5.37. The van der Waals surface area contributed by atoms with E-state index in [1.807, 2.05) is 0 Å². The highest BCUT2D eigenvalue weighted by atomic mass is 35.5. The quantitative estimate of drug-likeness (QED) is 0.414. The number of sulfone groups is 1. The van der Waals surface area contributed by atoms with Crippen molar-refractivity contribution < 1.29 is 23.1 Å². The average molecular weight is 361 g/mol. The molecule has 0 aromatic heterocycles. The van der Waals surface area contributed by atoms with Crippen LogP contribution in [0.4, 0.5) is 0 Å². The number of phenols is 1. The van der Waals surface area contributed by atoms with E-state index in [1.165, 1.54) is 18.2 Å². The molecule has 0 heterocycles. The fourth-order valence-corrected chi connectivity index (χ4v) is 3.52. The number of hydrogen-bond donors (Lipinski definition) is 1. The molecule has 0 spiro atoms. The fourth-order valence-electron chi connectivity index (χ4n) is 1.90. The Hall–Kier alpha value is -1.53. The van der Waals surface area contributed by atoms with Gasteiger partial charge in [-0.15, -0.1) is 0 Å². The number of unbranched alkanes of at least 4 members (excludes halogenated alkanes) is 3. The third kappa shape index (κ3) is 6.62. The van der Waals surface area contributed by atoms with Crippen LogP contribution in [0.5, 0.6) is 5.75 Å². The summed E-state index contributed by atoms with van der Waals surface area (Å²) in [6.07, 6.45) is 2.59. The van der Waals surface area contributed by atoms with Crippen LogP contribution >= 0.6 is 11.6 Å². The van der Waals surface area contributed by atoms with Crippen molar-refractivity contribution in [2.24, 2.45) is 0 Å². The maximum atomic E-state index is 12.1. The van der Waals surface area contributed by atoms with E-state index >= 15 is 0 Å². The summed E-state index contributed by atoms with van der Waals surface area (Å²) < 4.78 is 29.2. The van der Waals surface area contributed by atoms with E-state index in [0.29, 0.717) is 31.4 Å². The molecule has 1 N–H and O–H groups in total. The normalized spacial score (nSPS) is 11.2.